The van der Waals surface area contributed by atoms with E-state index in [0.29, 0.717) is 5.25 Å². The van der Waals surface area contributed by atoms with Crippen LogP contribution >= 0.6 is 24.4 Å². The van der Waals surface area contributed by atoms with Crippen molar-refractivity contribution in [1.82, 2.24) is 0 Å². The molecule has 226 valence electrons. The molecular formula is C46H30S2. The Labute approximate surface area is 289 Å². The molecule has 1 aliphatic heterocycles. The molecule has 0 saturated heterocycles. The number of thiol groups is 1. The summed E-state index contributed by atoms with van der Waals surface area (Å²) in [5.41, 5.74) is 9.32. The van der Waals surface area contributed by atoms with E-state index < -0.39 is 0 Å². The van der Waals surface area contributed by atoms with Gasteiger partial charge in [-0.15, -0.1) is 24.4 Å². The second-order valence-corrected chi connectivity index (χ2v) is 14.5. The van der Waals surface area contributed by atoms with Crippen LogP contribution < -0.4 is 0 Å². The van der Waals surface area contributed by atoms with Crippen molar-refractivity contribution in [3.63, 3.8) is 0 Å². The summed E-state index contributed by atoms with van der Waals surface area (Å²) in [5, 5.41) is 10.4. The Kier molecular flexibility index (Phi) is 6.44. The number of allylic oxidation sites excluding steroid dienone is 3. The minimum Gasteiger partial charge on any atom is -0.142 e. The van der Waals surface area contributed by atoms with Gasteiger partial charge in [0.2, 0.25) is 0 Å². The average molecular weight is 647 g/mol. The van der Waals surface area contributed by atoms with Gasteiger partial charge in [0.05, 0.1) is 0 Å². The van der Waals surface area contributed by atoms with Gasteiger partial charge < -0.3 is 0 Å². The Hall–Kier alpha value is -5.02. The fourth-order valence-corrected chi connectivity index (χ4v) is 10.1. The van der Waals surface area contributed by atoms with Gasteiger partial charge in [-0.3, -0.25) is 0 Å². The van der Waals surface area contributed by atoms with Crippen LogP contribution in [0.5, 0.6) is 0 Å². The van der Waals surface area contributed by atoms with E-state index >= 15 is 0 Å². The summed E-state index contributed by atoms with van der Waals surface area (Å²) in [7, 11) is 0. The highest BCUT2D eigenvalue weighted by Crippen LogP contribution is 2.56. The van der Waals surface area contributed by atoms with Crippen molar-refractivity contribution < 1.29 is 0 Å². The fourth-order valence-electron chi connectivity index (χ4n) is 8.28. The number of fused-ring (bicyclic) bond motifs is 7. The molecule has 2 aliphatic rings. The first kappa shape index (κ1) is 28.0. The van der Waals surface area contributed by atoms with Gasteiger partial charge in [-0.1, -0.05) is 152 Å². The van der Waals surface area contributed by atoms with Crippen LogP contribution in [0.1, 0.15) is 17.0 Å². The van der Waals surface area contributed by atoms with Crippen molar-refractivity contribution >= 4 is 73.1 Å². The highest BCUT2D eigenvalue weighted by molar-refractivity contribution is 8.00. The van der Waals surface area contributed by atoms with E-state index in [1.807, 2.05) is 11.8 Å². The van der Waals surface area contributed by atoms with E-state index in [2.05, 4.69) is 164 Å². The smallest absolute Gasteiger partial charge is 0.0454 e. The van der Waals surface area contributed by atoms with Crippen LogP contribution in [0.2, 0.25) is 0 Å². The van der Waals surface area contributed by atoms with Crippen LogP contribution in [0.3, 0.4) is 0 Å². The number of thioether (sulfide) groups is 1. The standard InChI is InChI=1S/C46H30S2/c47-45-36-21-10-8-19-34(36)43(35-20-9-11-22-37(35)45)29-25-26-41-40(27-29)38-23-12-24-39(46(38)48-41)44-32-17-6-4-15-30(32)42(28-13-2-1-3-14-28)31-16-5-7-18-33(31)44/h1-27,38,46-47H. The van der Waals surface area contributed by atoms with Crippen LogP contribution in [-0.4, -0.2) is 5.25 Å². The van der Waals surface area contributed by atoms with Gasteiger partial charge in [0.1, 0.15) is 0 Å². The average Bonchev–Trinajstić information content (AvgIpc) is 3.53. The van der Waals surface area contributed by atoms with Crippen molar-refractivity contribution in [2.75, 3.05) is 0 Å². The van der Waals surface area contributed by atoms with Gasteiger partial charge >= 0.3 is 0 Å². The van der Waals surface area contributed by atoms with Crippen LogP contribution in [-0.2, 0) is 0 Å². The summed E-state index contributed by atoms with van der Waals surface area (Å²) in [6.45, 7) is 0. The molecule has 0 amide bonds. The van der Waals surface area contributed by atoms with E-state index in [0.717, 1.165) is 4.90 Å². The third-order valence-electron chi connectivity index (χ3n) is 10.3. The molecule has 8 aromatic rings. The molecule has 2 unspecified atom stereocenters. The number of rotatable bonds is 3. The molecular weight excluding hydrogens is 617 g/mol. The summed E-state index contributed by atoms with van der Waals surface area (Å²) in [6, 6.07) is 53.5. The maximum Gasteiger partial charge on any atom is 0.0454 e. The molecule has 0 bridgehead atoms. The Morgan fingerprint density at radius 2 is 0.938 bits per heavy atom. The number of benzene rings is 8. The van der Waals surface area contributed by atoms with Crippen LogP contribution in [0.4, 0.5) is 0 Å². The molecule has 0 fully saturated rings. The number of hydrogen-bond donors (Lipinski definition) is 1. The van der Waals surface area contributed by atoms with Crippen molar-refractivity contribution in [3.05, 3.63) is 175 Å². The largest absolute Gasteiger partial charge is 0.142 e. The van der Waals surface area contributed by atoms with E-state index in [9.17, 15) is 0 Å². The quantitative estimate of drug-likeness (QED) is 0.147. The molecule has 0 aromatic heterocycles. The molecule has 48 heavy (non-hydrogen) atoms. The Bertz CT molecular complexity index is 2550. The molecule has 10 rings (SSSR count). The van der Waals surface area contributed by atoms with Crippen LogP contribution in [0.15, 0.2) is 174 Å². The lowest BCUT2D eigenvalue weighted by Gasteiger charge is -2.26. The molecule has 0 spiro atoms. The van der Waals surface area contributed by atoms with E-state index in [4.69, 9.17) is 12.6 Å². The molecule has 8 aromatic carbocycles. The third-order valence-corrected chi connectivity index (χ3v) is 12.2. The number of hydrogen-bond acceptors (Lipinski definition) is 2. The van der Waals surface area contributed by atoms with Crippen molar-refractivity contribution in [2.24, 2.45) is 0 Å². The first-order valence-corrected chi connectivity index (χ1v) is 17.9. The minimum absolute atomic E-state index is 0.290. The van der Waals surface area contributed by atoms with Crippen molar-refractivity contribution in [2.45, 2.75) is 21.0 Å². The Morgan fingerprint density at radius 1 is 0.458 bits per heavy atom. The third kappa shape index (κ3) is 4.13. The lowest BCUT2D eigenvalue weighted by molar-refractivity contribution is 0.895. The SMILES string of the molecule is Sc1c2ccccc2c(-c2ccc3c(c2)C2C=CC=C(c4c5ccccc5c(-c5ccccc5)c5ccccc45)C2S3)c2ccccc12. The summed E-state index contributed by atoms with van der Waals surface area (Å²) >= 11 is 7.03. The molecule has 0 radical (unpaired) electrons. The van der Waals surface area contributed by atoms with Gasteiger partial charge in [-0.2, -0.15) is 0 Å². The molecule has 2 atom stereocenters. The normalized spacial score (nSPS) is 16.8. The summed E-state index contributed by atoms with van der Waals surface area (Å²) in [6.07, 6.45) is 7.10. The van der Waals surface area contributed by atoms with Gasteiger partial charge in [0, 0.05) is 21.0 Å². The zero-order valence-corrected chi connectivity index (χ0v) is 27.8. The highest BCUT2D eigenvalue weighted by Gasteiger charge is 2.37. The van der Waals surface area contributed by atoms with E-state index in [-0.39, 0.29) is 5.92 Å². The van der Waals surface area contributed by atoms with Crippen molar-refractivity contribution in [1.29, 1.82) is 0 Å². The fraction of sp³-hybridized carbons (Fsp3) is 0.0435. The Balaban J connectivity index is 1.15. The van der Waals surface area contributed by atoms with Crippen molar-refractivity contribution in [3.8, 4) is 22.3 Å². The molecule has 1 aliphatic carbocycles. The first-order chi connectivity index (χ1) is 23.8. The highest BCUT2D eigenvalue weighted by atomic mass is 32.2. The van der Waals surface area contributed by atoms with Gasteiger partial charge in [-0.05, 0) is 94.2 Å². The predicted molar refractivity (Wildman–Crippen MR) is 211 cm³/mol. The summed E-state index contributed by atoms with van der Waals surface area (Å²) < 4.78 is 0. The van der Waals surface area contributed by atoms with Crippen LogP contribution in [0.25, 0.3) is 70.9 Å². The second kappa shape index (κ2) is 11.0. The lowest BCUT2D eigenvalue weighted by atomic mass is 9.80. The second-order valence-electron chi connectivity index (χ2n) is 12.8. The van der Waals surface area contributed by atoms with E-state index in [1.54, 1.807) is 0 Å². The zero-order valence-electron chi connectivity index (χ0n) is 26.1. The zero-order chi connectivity index (χ0) is 31.8. The molecule has 0 N–H and O–H groups in total. The monoisotopic (exact) mass is 646 g/mol. The predicted octanol–water partition coefficient (Wildman–Crippen LogP) is 13.1. The first-order valence-electron chi connectivity index (χ1n) is 16.6. The van der Waals surface area contributed by atoms with Crippen LogP contribution in [0, 0.1) is 0 Å². The molecule has 1 heterocycles. The van der Waals surface area contributed by atoms with Gasteiger partial charge in [0.25, 0.3) is 0 Å². The maximum atomic E-state index is 5.01. The Morgan fingerprint density at radius 3 is 1.52 bits per heavy atom. The molecule has 0 saturated carbocycles. The van der Waals surface area contributed by atoms with Gasteiger partial charge in [0.15, 0.2) is 0 Å². The van der Waals surface area contributed by atoms with Gasteiger partial charge in [-0.25, -0.2) is 0 Å². The summed E-state index contributed by atoms with van der Waals surface area (Å²) in [4.78, 5) is 2.42. The van der Waals surface area contributed by atoms with E-state index in [1.165, 1.54) is 86.9 Å². The topological polar surface area (TPSA) is 0 Å². The maximum absolute atomic E-state index is 5.01. The minimum atomic E-state index is 0.290. The molecule has 0 nitrogen and oxygen atoms in total. The molecule has 2 heteroatoms. The lowest BCUT2D eigenvalue weighted by Crippen LogP contribution is -2.14. The summed E-state index contributed by atoms with van der Waals surface area (Å²) in [5.74, 6) is 0.290.